The SMILES string of the molecule is CNc1ncc2c(n1)N(C)C(=O)N(c1cc(-c3ncc(C4=C(OC)C=CCC4)[nH]3)ccc1C)C2. The summed E-state index contributed by atoms with van der Waals surface area (Å²) in [6.45, 7) is 2.40. The Morgan fingerprint density at radius 3 is 2.85 bits per heavy atom. The molecule has 1 aromatic carbocycles. The Hall–Kier alpha value is -4.14. The summed E-state index contributed by atoms with van der Waals surface area (Å²) < 4.78 is 5.53. The van der Waals surface area contributed by atoms with E-state index in [9.17, 15) is 4.79 Å². The minimum atomic E-state index is -0.141. The van der Waals surface area contributed by atoms with E-state index in [1.54, 1.807) is 37.2 Å². The number of carbonyl (C=O) groups excluding carboxylic acids is 1. The molecule has 0 radical (unpaired) electrons. The standard InChI is InChI=1S/C25H27N7O2/c1-15-9-10-16(22-27-13-19(29-22)18-7-5-6-8-21(18)34-4)11-20(15)32-14-17-12-28-24(26-2)30-23(17)31(3)25(32)33/h6,8-13H,5,7,14H2,1-4H3,(H,27,29)(H,26,28,30). The molecule has 0 bridgehead atoms. The lowest BCUT2D eigenvalue weighted by atomic mass is 10.0. The molecule has 1 aliphatic heterocycles. The van der Waals surface area contributed by atoms with Crippen LogP contribution >= 0.6 is 0 Å². The third-order valence-electron chi connectivity index (χ3n) is 6.25. The number of H-pyrrole nitrogens is 1. The molecule has 34 heavy (non-hydrogen) atoms. The van der Waals surface area contributed by atoms with Crippen molar-refractivity contribution in [2.24, 2.45) is 0 Å². The van der Waals surface area contributed by atoms with Crippen LogP contribution in [0, 0.1) is 6.92 Å². The second-order valence-corrected chi connectivity index (χ2v) is 8.35. The predicted octanol–water partition coefficient (Wildman–Crippen LogP) is 4.50. The fourth-order valence-corrected chi connectivity index (χ4v) is 4.39. The molecule has 3 aromatic rings. The van der Waals surface area contributed by atoms with Crippen molar-refractivity contribution in [3.8, 4) is 11.4 Å². The second kappa shape index (κ2) is 8.66. The van der Waals surface area contributed by atoms with Gasteiger partial charge in [-0.15, -0.1) is 0 Å². The highest BCUT2D eigenvalue weighted by Crippen LogP contribution is 2.34. The van der Waals surface area contributed by atoms with Crippen molar-refractivity contribution in [2.45, 2.75) is 26.3 Å². The number of anilines is 3. The Kier molecular flexibility index (Phi) is 5.53. The lowest BCUT2D eigenvalue weighted by Gasteiger charge is -2.34. The Balaban J connectivity index is 1.49. The monoisotopic (exact) mass is 457 g/mol. The number of amides is 2. The quantitative estimate of drug-likeness (QED) is 0.585. The molecule has 2 aromatic heterocycles. The highest BCUT2D eigenvalue weighted by molar-refractivity contribution is 6.05. The van der Waals surface area contributed by atoms with E-state index in [4.69, 9.17) is 4.74 Å². The number of urea groups is 1. The molecule has 2 N–H and O–H groups in total. The first-order valence-electron chi connectivity index (χ1n) is 11.2. The number of benzene rings is 1. The maximum atomic E-state index is 13.3. The fraction of sp³-hybridized carbons (Fsp3) is 0.280. The molecule has 0 saturated carbocycles. The van der Waals surface area contributed by atoms with Crippen LogP contribution < -0.4 is 15.1 Å². The van der Waals surface area contributed by atoms with Gasteiger partial charge < -0.3 is 15.0 Å². The van der Waals surface area contributed by atoms with Crippen molar-refractivity contribution >= 4 is 29.1 Å². The zero-order chi connectivity index (χ0) is 23.8. The van der Waals surface area contributed by atoms with Gasteiger partial charge in [0.05, 0.1) is 25.5 Å². The van der Waals surface area contributed by atoms with Crippen LogP contribution in [-0.4, -0.2) is 47.2 Å². The topological polar surface area (TPSA) is 99.3 Å². The number of nitrogens with zero attached hydrogens (tertiary/aromatic N) is 5. The maximum absolute atomic E-state index is 13.3. The number of hydrogen-bond donors (Lipinski definition) is 2. The number of allylic oxidation sites excluding steroid dienone is 3. The molecule has 0 saturated heterocycles. The van der Waals surface area contributed by atoms with Gasteiger partial charge in [-0.25, -0.2) is 14.8 Å². The van der Waals surface area contributed by atoms with Gasteiger partial charge in [-0.2, -0.15) is 4.98 Å². The number of rotatable bonds is 5. The molecule has 1 aliphatic carbocycles. The molecule has 3 heterocycles. The van der Waals surface area contributed by atoms with Crippen molar-refractivity contribution in [1.29, 1.82) is 0 Å². The van der Waals surface area contributed by atoms with Gasteiger partial charge in [0, 0.05) is 42.7 Å². The zero-order valence-electron chi connectivity index (χ0n) is 19.7. The minimum Gasteiger partial charge on any atom is -0.496 e. The van der Waals surface area contributed by atoms with Crippen LogP contribution in [0.4, 0.5) is 22.2 Å². The van der Waals surface area contributed by atoms with Crippen molar-refractivity contribution in [3.05, 3.63) is 65.3 Å². The predicted molar refractivity (Wildman–Crippen MR) is 133 cm³/mol. The molecule has 9 nitrogen and oxygen atoms in total. The average molecular weight is 458 g/mol. The molecule has 0 spiro atoms. The smallest absolute Gasteiger partial charge is 0.330 e. The molecular formula is C25H27N7O2. The van der Waals surface area contributed by atoms with Gasteiger partial charge in [0.25, 0.3) is 0 Å². The number of aromatic amines is 1. The second-order valence-electron chi connectivity index (χ2n) is 8.35. The maximum Gasteiger partial charge on any atom is 0.330 e. The zero-order valence-corrected chi connectivity index (χ0v) is 19.7. The number of nitrogens with one attached hydrogen (secondary N) is 2. The summed E-state index contributed by atoms with van der Waals surface area (Å²) in [6, 6.07) is 5.89. The fourth-order valence-electron chi connectivity index (χ4n) is 4.39. The van der Waals surface area contributed by atoms with E-state index in [2.05, 4.69) is 31.3 Å². The lowest BCUT2D eigenvalue weighted by Crippen LogP contribution is -2.46. The first kappa shape index (κ1) is 21.7. The van der Waals surface area contributed by atoms with E-state index < -0.39 is 0 Å². The van der Waals surface area contributed by atoms with Crippen molar-refractivity contribution < 1.29 is 9.53 Å². The molecule has 2 aliphatic rings. The van der Waals surface area contributed by atoms with Gasteiger partial charge in [-0.3, -0.25) is 9.80 Å². The third-order valence-corrected chi connectivity index (χ3v) is 6.25. The van der Waals surface area contributed by atoms with Gasteiger partial charge in [0.2, 0.25) is 5.95 Å². The van der Waals surface area contributed by atoms with E-state index in [1.807, 2.05) is 37.4 Å². The van der Waals surface area contributed by atoms with Gasteiger partial charge in [0.15, 0.2) is 0 Å². The summed E-state index contributed by atoms with van der Waals surface area (Å²) in [6.07, 6.45) is 9.59. The number of hydrogen-bond acceptors (Lipinski definition) is 6. The highest BCUT2D eigenvalue weighted by Gasteiger charge is 2.31. The van der Waals surface area contributed by atoms with E-state index in [1.165, 1.54) is 0 Å². The number of carbonyl (C=O) groups is 1. The van der Waals surface area contributed by atoms with Crippen molar-refractivity contribution in [2.75, 3.05) is 36.3 Å². The van der Waals surface area contributed by atoms with E-state index in [-0.39, 0.29) is 6.03 Å². The average Bonchev–Trinajstić information content (AvgIpc) is 3.36. The summed E-state index contributed by atoms with van der Waals surface area (Å²) in [7, 11) is 5.17. The van der Waals surface area contributed by atoms with Gasteiger partial charge >= 0.3 is 6.03 Å². The number of fused-ring (bicyclic) bond motifs is 1. The number of methoxy groups -OCH3 is 1. The van der Waals surface area contributed by atoms with E-state index in [0.29, 0.717) is 18.3 Å². The van der Waals surface area contributed by atoms with Crippen molar-refractivity contribution in [3.63, 3.8) is 0 Å². The Morgan fingerprint density at radius 2 is 2.06 bits per heavy atom. The van der Waals surface area contributed by atoms with E-state index >= 15 is 0 Å². The molecule has 174 valence electrons. The van der Waals surface area contributed by atoms with Crippen LogP contribution in [0.1, 0.15) is 29.7 Å². The number of aryl methyl sites for hydroxylation is 1. The van der Waals surface area contributed by atoms with E-state index in [0.717, 1.165) is 58.1 Å². The van der Waals surface area contributed by atoms with Crippen LogP contribution in [0.3, 0.4) is 0 Å². The van der Waals surface area contributed by atoms with Crippen LogP contribution in [-0.2, 0) is 11.3 Å². The van der Waals surface area contributed by atoms with Gasteiger partial charge in [-0.1, -0.05) is 18.2 Å². The number of aromatic nitrogens is 4. The Morgan fingerprint density at radius 1 is 1.21 bits per heavy atom. The van der Waals surface area contributed by atoms with Crippen LogP contribution in [0.15, 0.2) is 48.5 Å². The van der Waals surface area contributed by atoms with Crippen LogP contribution in [0.5, 0.6) is 0 Å². The highest BCUT2D eigenvalue weighted by atomic mass is 16.5. The van der Waals surface area contributed by atoms with Gasteiger partial charge in [0.1, 0.15) is 17.4 Å². The number of imidazole rings is 1. The summed E-state index contributed by atoms with van der Waals surface area (Å²) in [5.74, 6) is 2.71. The largest absolute Gasteiger partial charge is 0.496 e. The molecule has 0 atom stereocenters. The molecule has 2 amide bonds. The molecular weight excluding hydrogens is 430 g/mol. The Labute approximate surface area is 198 Å². The lowest BCUT2D eigenvalue weighted by molar-refractivity contribution is 0.251. The summed E-state index contributed by atoms with van der Waals surface area (Å²) in [5, 5.41) is 2.92. The Bertz CT molecular complexity index is 1320. The summed E-state index contributed by atoms with van der Waals surface area (Å²) >= 11 is 0. The summed E-state index contributed by atoms with van der Waals surface area (Å²) in [5.41, 5.74) is 5.67. The van der Waals surface area contributed by atoms with Gasteiger partial charge in [-0.05, 0) is 37.5 Å². The molecule has 0 unspecified atom stereocenters. The first-order chi connectivity index (χ1) is 16.5. The molecule has 5 rings (SSSR count). The van der Waals surface area contributed by atoms with Crippen LogP contribution in [0.2, 0.25) is 0 Å². The van der Waals surface area contributed by atoms with Crippen molar-refractivity contribution in [1.82, 2.24) is 19.9 Å². The van der Waals surface area contributed by atoms with Crippen LogP contribution in [0.25, 0.3) is 17.0 Å². The third kappa shape index (κ3) is 3.68. The molecule has 0 fully saturated rings. The summed E-state index contributed by atoms with van der Waals surface area (Å²) in [4.78, 5) is 33.5. The number of ether oxygens (including phenoxy) is 1. The molecule has 9 heteroatoms. The first-order valence-corrected chi connectivity index (χ1v) is 11.2. The normalized spacial score (nSPS) is 15.6. The minimum absolute atomic E-state index is 0.141.